The number of rotatable bonds is 10. The molecule has 0 aliphatic rings. The zero-order chi connectivity index (χ0) is 22.4. The molecule has 0 aliphatic carbocycles. The number of benzene rings is 1. The molecular formula is C19H22FN5O4S2. The van der Waals surface area contributed by atoms with Crippen molar-refractivity contribution in [3.05, 3.63) is 47.7 Å². The van der Waals surface area contributed by atoms with E-state index in [0.29, 0.717) is 19.0 Å². The number of sulfone groups is 1. The molecule has 12 heteroatoms. The van der Waals surface area contributed by atoms with Crippen molar-refractivity contribution < 1.29 is 22.3 Å². The van der Waals surface area contributed by atoms with Crippen LogP contribution in [-0.4, -0.2) is 50.7 Å². The highest BCUT2D eigenvalue weighted by Crippen LogP contribution is 2.31. The normalized spacial score (nSPS) is 11.5. The Hall–Kier alpha value is -2.67. The van der Waals surface area contributed by atoms with E-state index in [0.717, 1.165) is 16.9 Å². The zero-order valence-corrected chi connectivity index (χ0v) is 18.8. The van der Waals surface area contributed by atoms with Crippen LogP contribution < -0.4 is 15.4 Å². The maximum Gasteiger partial charge on any atom is 0.256 e. The molecule has 2 aromatic heterocycles. The monoisotopic (exact) mass is 467 g/mol. The second-order valence-corrected chi connectivity index (χ2v) is 9.59. The molecule has 3 aromatic rings. The van der Waals surface area contributed by atoms with Gasteiger partial charge in [0.2, 0.25) is 15.7 Å². The number of likely N-dealkylation sites (N-methyl/N-ethyl adjacent to an activating group) is 1. The number of hydrogen-bond acceptors (Lipinski definition) is 10. The molecule has 0 radical (unpaired) electrons. The van der Waals surface area contributed by atoms with Gasteiger partial charge < -0.3 is 20.1 Å². The standard InChI is InChI=1S/C19H22FN5O4S2/c1-12-23-17(16(20)18(24-12)29-8-7-21-2)25-19-22-10-15(30-19)31(26,27)14-6-4-5-13(9-14)11-28-3/h4-6,9-10,21H,7-8,11H2,1-3H3,(H,22,23,24,25). The first-order valence-electron chi connectivity index (χ1n) is 9.22. The van der Waals surface area contributed by atoms with Crippen LogP contribution in [0.5, 0.6) is 5.88 Å². The van der Waals surface area contributed by atoms with Crippen LogP contribution in [0.1, 0.15) is 11.4 Å². The summed E-state index contributed by atoms with van der Waals surface area (Å²) in [6.07, 6.45) is 1.22. The molecule has 0 amide bonds. The van der Waals surface area contributed by atoms with Gasteiger partial charge in [0.25, 0.3) is 5.88 Å². The topological polar surface area (TPSA) is 115 Å². The third-order valence-corrected chi connectivity index (χ3v) is 7.14. The van der Waals surface area contributed by atoms with Gasteiger partial charge in [-0.2, -0.15) is 9.37 Å². The van der Waals surface area contributed by atoms with Crippen molar-refractivity contribution in [3.63, 3.8) is 0 Å². The highest BCUT2D eigenvalue weighted by molar-refractivity contribution is 7.93. The lowest BCUT2D eigenvalue weighted by molar-refractivity contribution is 0.184. The minimum atomic E-state index is -3.79. The molecule has 0 bridgehead atoms. The lowest BCUT2D eigenvalue weighted by Crippen LogP contribution is -2.17. The van der Waals surface area contributed by atoms with Crippen LogP contribution in [-0.2, 0) is 21.2 Å². The van der Waals surface area contributed by atoms with Gasteiger partial charge in [-0.25, -0.2) is 18.4 Å². The first kappa shape index (κ1) is 23.0. The average molecular weight is 468 g/mol. The van der Waals surface area contributed by atoms with Crippen molar-refractivity contribution in [3.8, 4) is 5.88 Å². The van der Waals surface area contributed by atoms with Crippen molar-refractivity contribution in [1.29, 1.82) is 0 Å². The van der Waals surface area contributed by atoms with Gasteiger partial charge in [-0.1, -0.05) is 23.5 Å². The first-order chi connectivity index (χ1) is 14.8. The summed E-state index contributed by atoms with van der Waals surface area (Å²) in [6, 6.07) is 6.48. The van der Waals surface area contributed by atoms with Crippen LogP contribution in [0, 0.1) is 12.7 Å². The van der Waals surface area contributed by atoms with Crippen LogP contribution in [0.4, 0.5) is 15.3 Å². The van der Waals surface area contributed by atoms with Crippen molar-refractivity contribution >= 4 is 32.1 Å². The third-order valence-electron chi connectivity index (χ3n) is 4.02. The van der Waals surface area contributed by atoms with Gasteiger partial charge in [0.15, 0.2) is 10.9 Å². The van der Waals surface area contributed by atoms with Crippen LogP contribution in [0.25, 0.3) is 0 Å². The summed E-state index contributed by atoms with van der Waals surface area (Å²) in [4.78, 5) is 12.2. The van der Waals surface area contributed by atoms with E-state index in [1.807, 2.05) is 0 Å². The van der Waals surface area contributed by atoms with Crippen LogP contribution in [0.2, 0.25) is 0 Å². The maximum atomic E-state index is 14.7. The summed E-state index contributed by atoms with van der Waals surface area (Å²) in [5, 5.41) is 5.78. The summed E-state index contributed by atoms with van der Waals surface area (Å²) in [7, 11) is -0.505. The predicted molar refractivity (Wildman–Crippen MR) is 114 cm³/mol. The Morgan fingerprint density at radius 2 is 2.06 bits per heavy atom. The molecule has 3 rings (SSSR count). The Morgan fingerprint density at radius 3 is 2.81 bits per heavy atom. The average Bonchev–Trinajstić information content (AvgIpc) is 3.21. The fourth-order valence-corrected chi connectivity index (χ4v) is 5.09. The lowest BCUT2D eigenvalue weighted by atomic mass is 10.2. The molecule has 166 valence electrons. The van der Waals surface area contributed by atoms with Gasteiger partial charge >= 0.3 is 0 Å². The van der Waals surface area contributed by atoms with Gasteiger partial charge in [-0.05, 0) is 31.7 Å². The molecule has 0 saturated heterocycles. The van der Waals surface area contributed by atoms with E-state index in [1.54, 1.807) is 32.2 Å². The second-order valence-electron chi connectivity index (χ2n) is 6.38. The number of hydrogen-bond donors (Lipinski definition) is 2. The molecule has 0 atom stereocenters. The summed E-state index contributed by atoms with van der Waals surface area (Å²) in [6.45, 7) is 2.64. The Balaban J connectivity index is 1.84. The molecule has 2 N–H and O–H groups in total. The van der Waals surface area contributed by atoms with Crippen LogP contribution >= 0.6 is 11.3 Å². The first-order valence-corrected chi connectivity index (χ1v) is 11.5. The molecule has 0 fully saturated rings. The highest BCUT2D eigenvalue weighted by atomic mass is 32.2. The lowest BCUT2D eigenvalue weighted by Gasteiger charge is -2.10. The van der Waals surface area contributed by atoms with Crippen molar-refractivity contribution in [2.75, 3.05) is 32.6 Å². The molecule has 0 aliphatic heterocycles. The third kappa shape index (κ3) is 5.53. The van der Waals surface area contributed by atoms with E-state index < -0.39 is 15.7 Å². The maximum absolute atomic E-state index is 14.7. The summed E-state index contributed by atoms with van der Waals surface area (Å²) < 4.78 is 51.0. The minimum Gasteiger partial charge on any atom is -0.474 e. The number of nitrogens with one attached hydrogen (secondary N) is 2. The Bertz CT molecular complexity index is 1150. The van der Waals surface area contributed by atoms with Gasteiger partial charge in [0, 0.05) is 13.7 Å². The van der Waals surface area contributed by atoms with Crippen molar-refractivity contribution in [2.24, 2.45) is 0 Å². The number of thiazole rings is 1. The quantitative estimate of drug-likeness (QED) is 0.434. The number of halogens is 1. The second kappa shape index (κ2) is 10.1. The molecular weight excluding hydrogens is 445 g/mol. The zero-order valence-electron chi connectivity index (χ0n) is 17.2. The number of aromatic nitrogens is 3. The van der Waals surface area contributed by atoms with E-state index in [-0.39, 0.29) is 32.5 Å². The fraction of sp³-hybridized carbons (Fsp3) is 0.316. The highest BCUT2D eigenvalue weighted by Gasteiger charge is 2.22. The number of aryl methyl sites for hydroxylation is 1. The minimum absolute atomic E-state index is 0.0150. The Labute approximate surface area is 183 Å². The number of nitrogens with zero attached hydrogens (tertiary/aromatic N) is 3. The summed E-state index contributed by atoms with van der Waals surface area (Å²) in [5.41, 5.74) is 0.732. The van der Waals surface area contributed by atoms with Crippen molar-refractivity contribution in [1.82, 2.24) is 20.3 Å². The molecule has 0 unspecified atom stereocenters. The predicted octanol–water partition coefficient (Wildman–Crippen LogP) is 2.70. The Kier molecular flexibility index (Phi) is 7.49. The molecule has 2 heterocycles. The molecule has 1 aromatic carbocycles. The summed E-state index contributed by atoms with van der Waals surface area (Å²) >= 11 is 0.871. The smallest absolute Gasteiger partial charge is 0.256 e. The van der Waals surface area contributed by atoms with Gasteiger partial charge in [0.1, 0.15) is 16.6 Å². The van der Waals surface area contributed by atoms with E-state index in [9.17, 15) is 12.8 Å². The van der Waals surface area contributed by atoms with Crippen LogP contribution in [0.15, 0.2) is 39.6 Å². The molecule has 31 heavy (non-hydrogen) atoms. The van der Waals surface area contributed by atoms with Crippen molar-refractivity contribution in [2.45, 2.75) is 22.6 Å². The van der Waals surface area contributed by atoms with E-state index >= 15 is 0 Å². The van der Waals surface area contributed by atoms with E-state index in [2.05, 4.69) is 25.6 Å². The Morgan fingerprint density at radius 1 is 1.26 bits per heavy atom. The van der Waals surface area contributed by atoms with Gasteiger partial charge in [-0.3, -0.25) is 0 Å². The molecule has 0 saturated carbocycles. The molecule has 0 spiro atoms. The number of anilines is 2. The van der Waals surface area contributed by atoms with E-state index in [4.69, 9.17) is 9.47 Å². The number of methoxy groups -OCH3 is 1. The largest absolute Gasteiger partial charge is 0.474 e. The van der Waals surface area contributed by atoms with Crippen LogP contribution in [0.3, 0.4) is 0 Å². The molecule has 9 nitrogen and oxygen atoms in total. The van der Waals surface area contributed by atoms with Gasteiger partial charge in [0.05, 0.1) is 17.7 Å². The SMILES string of the molecule is CNCCOc1nc(C)nc(Nc2ncc(S(=O)(=O)c3cccc(COC)c3)s2)c1F. The van der Waals surface area contributed by atoms with E-state index in [1.165, 1.54) is 19.4 Å². The fourth-order valence-electron chi connectivity index (χ4n) is 2.59. The number of ether oxygens (including phenoxy) is 2. The summed E-state index contributed by atoms with van der Waals surface area (Å²) in [5.74, 6) is -0.826. The van der Waals surface area contributed by atoms with Gasteiger partial charge in [-0.15, -0.1) is 0 Å².